The summed E-state index contributed by atoms with van der Waals surface area (Å²) in [6, 6.07) is 4.34. The molecule has 0 aromatic heterocycles. The first-order valence-corrected chi connectivity index (χ1v) is 5.21. The predicted octanol–water partition coefficient (Wildman–Crippen LogP) is 1.70. The number of nitrogens with one attached hydrogen (secondary N) is 1. The zero-order valence-electron chi connectivity index (χ0n) is 9.16. The zero-order valence-corrected chi connectivity index (χ0v) is 9.91. The largest absolute Gasteiger partial charge is 0.508 e. The molecule has 0 spiro atoms. The lowest BCUT2D eigenvalue weighted by atomic mass is 10.2. The lowest BCUT2D eigenvalue weighted by Crippen LogP contribution is -2.34. The summed E-state index contributed by atoms with van der Waals surface area (Å²) in [5, 5.41) is 13.0. The molecule has 4 nitrogen and oxygen atoms in total. The van der Waals surface area contributed by atoms with Crippen LogP contribution < -0.4 is 5.32 Å². The van der Waals surface area contributed by atoms with Crippen molar-refractivity contribution in [1.82, 2.24) is 5.32 Å². The maximum absolute atomic E-state index is 11.1. The van der Waals surface area contributed by atoms with E-state index in [0.717, 1.165) is 0 Å². The van der Waals surface area contributed by atoms with Gasteiger partial charge in [0.25, 0.3) is 0 Å². The van der Waals surface area contributed by atoms with Crippen LogP contribution in [0.4, 0.5) is 0 Å². The fourth-order valence-electron chi connectivity index (χ4n) is 1.22. The second kappa shape index (κ2) is 5.72. The summed E-state index contributed by atoms with van der Waals surface area (Å²) in [4.78, 5) is 11.1. The number of ether oxygens (including phenoxy) is 1. The van der Waals surface area contributed by atoms with E-state index in [-0.39, 0.29) is 11.7 Å². The Balaban J connectivity index is 2.60. The van der Waals surface area contributed by atoms with E-state index in [1.165, 1.54) is 13.2 Å². The topological polar surface area (TPSA) is 58.6 Å². The number of phenolic OH excluding ortho intramolecular Hbond substituents is 1. The third kappa shape index (κ3) is 3.40. The van der Waals surface area contributed by atoms with E-state index in [4.69, 9.17) is 11.6 Å². The first kappa shape index (κ1) is 12.8. The standard InChI is InChI=1S/C11H14ClNO3/c1-7(11(15)16-2)13-6-8-5-9(12)3-4-10(8)14/h3-5,7,13-14H,6H2,1-2H3. The normalized spacial score (nSPS) is 12.2. The van der Waals surface area contributed by atoms with Gasteiger partial charge >= 0.3 is 5.97 Å². The molecule has 16 heavy (non-hydrogen) atoms. The van der Waals surface area contributed by atoms with Crippen molar-refractivity contribution in [3.63, 3.8) is 0 Å². The van der Waals surface area contributed by atoms with Crippen LogP contribution in [-0.4, -0.2) is 24.2 Å². The van der Waals surface area contributed by atoms with Crippen molar-refractivity contribution in [2.45, 2.75) is 19.5 Å². The van der Waals surface area contributed by atoms with E-state index < -0.39 is 6.04 Å². The monoisotopic (exact) mass is 243 g/mol. The van der Waals surface area contributed by atoms with E-state index in [9.17, 15) is 9.90 Å². The van der Waals surface area contributed by atoms with Gasteiger partial charge in [-0.3, -0.25) is 4.79 Å². The fourth-order valence-corrected chi connectivity index (χ4v) is 1.41. The van der Waals surface area contributed by atoms with Gasteiger partial charge in [0, 0.05) is 17.1 Å². The predicted molar refractivity (Wildman–Crippen MR) is 61.4 cm³/mol. The molecule has 0 heterocycles. The van der Waals surface area contributed by atoms with Crippen LogP contribution in [0.2, 0.25) is 5.02 Å². The summed E-state index contributed by atoms with van der Waals surface area (Å²) in [5.74, 6) is -0.199. The molecule has 0 fully saturated rings. The van der Waals surface area contributed by atoms with Crippen molar-refractivity contribution in [3.8, 4) is 5.75 Å². The van der Waals surface area contributed by atoms with Crippen molar-refractivity contribution in [3.05, 3.63) is 28.8 Å². The van der Waals surface area contributed by atoms with Crippen molar-refractivity contribution in [1.29, 1.82) is 0 Å². The number of benzene rings is 1. The SMILES string of the molecule is COC(=O)C(C)NCc1cc(Cl)ccc1O. The molecule has 1 aromatic carbocycles. The molecule has 0 aliphatic rings. The Hall–Kier alpha value is -1.26. The van der Waals surface area contributed by atoms with Crippen LogP contribution in [0, 0.1) is 0 Å². The van der Waals surface area contributed by atoms with Crippen LogP contribution in [-0.2, 0) is 16.1 Å². The molecule has 0 bridgehead atoms. The number of methoxy groups -OCH3 is 1. The Morgan fingerprint density at radius 1 is 1.62 bits per heavy atom. The van der Waals surface area contributed by atoms with Gasteiger partial charge in [0.2, 0.25) is 0 Å². The minimum atomic E-state index is -0.427. The quantitative estimate of drug-likeness (QED) is 0.791. The molecule has 5 heteroatoms. The van der Waals surface area contributed by atoms with Crippen LogP contribution >= 0.6 is 11.6 Å². The van der Waals surface area contributed by atoms with E-state index in [1.807, 2.05) is 0 Å². The van der Waals surface area contributed by atoms with Crippen LogP contribution in [0.5, 0.6) is 5.75 Å². The van der Waals surface area contributed by atoms with E-state index >= 15 is 0 Å². The van der Waals surface area contributed by atoms with Gasteiger partial charge in [0.05, 0.1) is 7.11 Å². The van der Waals surface area contributed by atoms with Crippen LogP contribution in [0.25, 0.3) is 0 Å². The average Bonchev–Trinajstić information content (AvgIpc) is 2.28. The first-order chi connectivity index (χ1) is 7.54. The van der Waals surface area contributed by atoms with Crippen LogP contribution in [0.15, 0.2) is 18.2 Å². The van der Waals surface area contributed by atoms with Gasteiger partial charge in [0.1, 0.15) is 11.8 Å². The molecule has 88 valence electrons. The van der Waals surface area contributed by atoms with Crippen molar-refractivity contribution in [2.24, 2.45) is 0 Å². The molecule has 0 radical (unpaired) electrons. The Labute approximate surface area is 99.2 Å². The summed E-state index contributed by atoms with van der Waals surface area (Å²) in [6.07, 6.45) is 0. The van der Waals surface area contributed by atoms with Gasteiger partial charge in [-0.15, -0.1) is 0 Å². The molecule has 1 atom stereocenters. The maximum Gasteiger partial charge on any atom is 0.322 e. The Morgan fingerprint density at radius 3 is 2.94 bits per heavy atom. The van der Waals surface area contributed by atoms with Gasteiger partial charge in [-0.2, -0.15) is 0 Å². The molecule has 0 saturated heterocycles. The van der Waals surface area contributed by atoms with E-state index in [2.05, 4.69) is 10.1 Å². The minimum absolute atomic E-state index is 0.147. The zero-order chi connectivity index (χ0) is 12.1. The number of hydrogen-bond acceptors (Lipinski definition) is 4. The molecule has 0 aliphatic heterocycles. The maximum atomic E-state index is 11.1. The summed E-state index contributed by atoms with van der Waals surface area (Å²) in [6.45, 7) is 2.04. The fraction of sp³-hybridized carbons (Fsp3) is 0.364. The van der Waals surface area contributed by atoms with Gasteiger partial charge in [-0.25, -0.2) is 0 Å². The number of phenols is 1. The number of carbonyl (C=O) groups is 1. The van der Waals surface area contributed by atoms with Gasteiger partial charge < -0.3 is 15.2 Å². The van der Waals surface area contributed by atoms with Gasteiger partial charge in [-0.05, 0) is 25.1 Å². The average molecular weight is 244 g/mol. The lowest BCUT2D eigenvalue weighted by molar-refractivity contribution is -0.142. The lowest BCUT2D eigenvalue weighted by Gasteiger charge is -2.12. The highest BCUT2D eigenvalue weighted by atomic mass is 35.5. The third-order valence-electron chi connectivity index (χ3n) is 2.19. The Morgan fingerprint density at radius 2 is 2.31 bits per heavy atom. The summed E-state index contributed by atoms with van der Waals surface area (Å²) >= 11 is 5.79. The summed E-state index contributed by atoms with van der Waals surface area (Å²) in [7, 11) is 1.33. The van der Waals surface area contributed by atoms with Crippen molar-refractivity contribution >= 4 is 17.6 Å². The first-order valence-electron chi connectivity index (χ1n) is 4.83. The second-order valence-corrected chi connectivity index (χ2v) is 3.84. The number of aromatic hydroxyl groups is 1. The van der Waals surface area contributed by atoms with E-state index in [0.29, 0.717) is 17.1 Å². The van der Waals surface area contributed by atoms with Crippen molar-refractivity contribution in [2.75, 3.05) is 7.11 Å². The molecule has 0 amide bonds. The summed E-state index contributed by atoms with van der Waals surface area (Å²) < 4.78 is 4.56. The summed E-state index contributed by atoms with van der Waals surface area (Å²) in [5.41, 5.74) is 0.642. The molecule has 1 unspecified atom stereocenters. The van der Waals surface area contributed by atoms with Crippen LogP contribution in [0.3, 0.4) is 0 Å². The highest BCUT2D eigenvalue weighted by Gasteiger charge is 2.12. The number of esters is 1. The Bertz CT molecular complexity index is 381. The molecule has 0 aliphatic carbocycles. The third-order valence-corrected chi connectivity index (χ3v) is 2.43. The minimum Gasteiger partial charge on any atom is -0.508 e. The molecule has 2 N–H and O–H groups in total. The molecular formula is C11H14ClNO3. The van der Waals surface area contributed by atoms with Gasteiger partial charge in [-0.1, -0.05) is 11.6 Å². The van der Waals surface area contributed by atoms with E-state index in [1.54, 1.807) is 19.1 Å². The van der Waals surface area contributed by atoms with Gasteiger partial charge in [0.15, 0.2) is 0 Å². The number of carbonyl (C=O) groups excluding carboxylic acids is 1. The number of rotatable bonds is 4. The second-order valence-electron chi connectivity index (χ2n) is 3.40. The molecular weight excluding hydrogens is 230 g/mol. The van der Waals surface area contributed by atoms with Crippen molar-refractivity contribution < 1.29 is 14.6 Å². The highest BCUT2D eigenvalue weighted by molar-refractivity contribution is 6.30. The smallest absolute Gasteiger partial charge is 0.322 e. The highest BCUT2D eigenvalue weighted by Crippen LogP contribution is 2.21. The number of hydrogen-bond donors (Lipinski definition) is 2. The number of halogens is 1. The Kier molecular flexibility index (Phi) is 4.58. The molecule has 0 saturated carbocycles. The molecule has 1 rings (SSSR count). The molecule has 1 aromatic rings. The van der Waals surface area contributed by atoms with Crippen LogP contribution in [0.1, 0.15) is 12.5 Å².